The summed E-state index contributed by atoms with van der Waals surface area (Å²) in [7, 11) is -4.95. The SMILES string of the molecule is CCCCCCC(CCC)(CCC)OC(=O)C(C)(CC(=O)O)S(=O)(=O)O. The van der Waals surface area contributed by atoms with Crippen molar-refractivity contribution in [2.45, 2.75) is 102 Å². The fourth-order valence-electron chi connectivity index (χ4n) is 3.18. The molecule has 0 saturated heterocycles. The molecule has 0 aliphatic rings. The normalized spacial score (nSPS) is 14.7. The van der Waals surface area contributed by atoms with E-state index in [0.29, 0.717) is 19.3 Å². The summed E-state index contributed by atoms with van der Waals surface area (Å²) in [5.41, 5.74) is -0.835. The first-order valence-electron chi connectivity index (χ1n) is 9.40. The lowest BCUT2D eigenvalue weighted by molar-refractivity contribution is -0.168. The van der Waals surface area contributed by atoms with Crippen LogP contribution < -0.4 is 0 Å². The average molecular weight is 395 g/mol. The molecule has 1 atom stereocenters. The number of carbonyl (C=O) groups is 2. The third kappa shape index (κ3) is 7.23. The highest BCUT2D eigenvalue weighted by molar-refractivity contribution is 7.88. The molecule has 8 heteroatoms. The smallest absolute Gasteiger partial charge is 0.330 e. The Morgan fingerprint density at radius 3 is 1.85 bits per heavy atom. The third-order valence-corrected chi connectivity index (χ3v) is 6.15. The van der Waals surface area contributed by atoms with Gasteiger partial charge in [-0.05, 0) is 32.6 Å². The molecule has 1 unspecified atom stereocenters. The van der Waals surface area contributed by atoms with Crippen LogP contribution in [0.4, 0.5) is 0 Å². The van der Waals surface area contributed by atoms with E-state index in [4.69, 9.17) is 9.84 Å². The van der Waals surface area contributed by atoms with Gasteiger partial charge in [0.05, 0.1) is 6.42 Å². The van der Waals surface area contributed by atoms with Crippen LogP contribution in [0, 0.1) is 0 Å². The topological polar surface area (TPSA) is 118 Å². The van der Waals surface area contributed by atoms with Crippen molar-refractivity contribution in [1.29, 1.82) is 0 Å². The molecule has 0 aromatic carbocycles. The number of aliphatic carboxylic acids is 1. The summed E-state index contributed by atoms with van der Waals surface area (Å²) in [6.07, 6.45) is 6.09. The van der Waals surface area contributed by atoms with Gasteiger partial charge in [-0.25, -0.2) is 0 Å². The van der Waals surface area contributed by atoms with Crippen LogP contribution >= 0.6 is 0 Å². The summed E-state index contributed by atoms with van der Waals surface area (Å²) < 4.78 is 36.0. The Hall–Kier alpha value is -1.15. The standard InChI is InChI=1S/C18H34O7S/c1-5-8-9-10-13-18(11-6-2,12-7-3)25-16(21)17(4,14-15(19)20)26(22,23)24/h5-14H2,1-4H3,(H,19,20)(H,22,23,24). The van der Waals surface area contributed by atoms with Crippen molar-refractivity contribution in [2.75, 3.05) is 0 Å². The highest BCUT2D eigenvalue weighted by atomic mass is 32.2. The first-order chi connectivity index (χ1) is 12.0. The average Bonchev–Trinajstić information content (AvgIpc) is 2.50. The predicted molar refractivity (Wildman–Crippen MR) is 99.6 cm³/mol. The second-order valence-corrected chi connectivity index (χ2v) is 9.01. The molecule has 0 aromatic heterocycles. The van der Waals surface area contributed by atoms with Gasteiger partial charge in [0.2, 0.25) is 4.75 Å². The van der Waals surface area contributed by atoms with Crippen LogP contribution in [0.1, 0.15) is 91.9 Å². The molecule has 0 spiro atoms. The Labute approximate surface area is 157 Å². The maximum absolute atomic E-state index is 12.7. The van der Waals surface area contributed by atoms with Gasteiger partial charge in [-0.2, -0.15) is 8.42 Å². The number of carboxylic acid groups (broad SMARTS) is 1. The van der Waals surface area contributed by atoms with Crippen LogP contribution in [0.15, 0.2) is 0 Å². The number of ether oxygens (including phenoxy) is 1. The fourth-order valence-corrected chi connectivity index (χ4v) is 3.73. The molecule has 26 heavy (non-hydrogen) atoms. The van der Waals surface area contributed by atoms with Crippen LogP contribution in [0.25, 0.3) is 0 Å². The van der Waals surface area contributed by atoms with Crippen molar-refractivity contribution < 1.29 is 32.4 Å². The van der Waals surface area contributed by atoms with Gasteiger partial charge in [-0.1, -0.05) is 52.9 Å². The number of carbonyl (C=O) groups excluding carboxylic acids is 1. The number of hydrogen-bond acceptors (Lipinski definition) is 5. The molecular weight excluding hydrogens is 360 g/mol. The highest BCUT2D eigenvalue weighted by Crippen LogP contribution is 2.34. The van der Waals surface area contributed by atoms with Crippen molar-refractivity contribution in [3.63, 3.8) is 0 Å². The molecule has 0 amide bonds. The Kier molecular flexibility index (Phi) is 10.4. The van der Waals surface area contributed by atoms with Crippen LogP contribution in [0.5, 0.6) is 0 Å². The lowest BCUT2D eigenvalue weighted by Crippen LogP contribution is -2.50. The number of rotatable bonds is 14. The monoisotopic (exact) mass is 394 g/mol. The van der Waals surface area contributed by atoms with Gasteiger partial charge in [0, 0.05) is 0 Å². The Bertz CT molecular complexity index is 550. The zero-order chi connectivity index (χ0) is 20.4. The second kappa shape index (κ2) is 10.9. The lowest BCUT2D eigenvalue weighted by Gasteiger charge is -2.36. The maximum atomic E-state index is 12.7. The van der Waals surface area contributed by atoms with Crippen molar-refractivity contribution in [3.8, 4) is 0 Å². The number of esters is 1. The van der Waals surface area contributed by atoms with Crippen LogP contribution in [0.3, 0.4) is 0 Å². The van der Waals surface area contributed by atoms with Crippen LogP contribution in [-0.4, -0.2) is 40.4 Å². The minimum atomic E-state index is -4.95. The van der Waals surface area contributed by atoms with Gasteiger partial charge >= 0.3 is 11.9 Å². The van der Waals surface area contributed by atoms with E-state index in [0.717, 1.165) is 45.4 Å². The second-order valence-electron chi connectivity index (χ2n) is 7.16. The summed E-state index contributed by atoms with van der Waals surface area (Å²) in [6, 6.07) is 0. The summed E-state index contributed by atoms with van der Waals surface area (Å²) in [4.78, 5) is 23.7. The van der Waals surface area contributed by atoms with E-state index in [1.807, 2.05) is 13.8 Å². The maximum Gasteiger partial charge on any atom is 0.330 e. The number of unbranched alkanes of at least 4 members (excludes halogenated alkanes) is 3. The summed E-state index contributed by atoms with van der Waals surface area (Å²) in [5.74, 6) is -2.69. The zero-order valence-corrected chi connectivity index (χ0v) is 17.2. The molecule has 0 fully saturated rings. The van der Waals surface area contributed by atoms with E-state index in [9.17, 15) is 22.6 Å². The quantitative estimate of drug-likeness (QED) is 0.260. The van der Waals surface area contributed by atoms with Gasteiger partial charge < -0.3 is 9.84 Å². The minimum Gasteiger partial charge on any atom is -0.481 e. The molecule has 0 aliphatic heterocycles. The van der Waals surface area contributed by atoms with Gasteiger partial charge in [0.15, 0.2) is 0 Å². The van der Waals surface area contributed by atoms with E-state index in [-0.39, 0.29) is 0 Å². The van der Waals surface area contributed by atoms with Crippen molar-refractivity contribution in [3.05, 3.63) is 0 Å². The molecular formula is C18H34O7S. The van der Waals surface area contributed by atoms with E-state index < -0.39 is 38.8 Å². The van der Waals surface area contributed by atoms with E-state index in [1.54, 1.807) is 0 Å². The van der Waals surface area contributed by atoms with Crippen molar-refractivity contribution >= 4 is 22.1 Å². The molecule has 0 heterocycles. The summed E-state index contributed by atoms with van der Waals surface area (Å²) in [6.45, 7) is 6.89. The largest absolute Gasteiger partial charge is 0.481 e. The van der Waals surface area contributed by atoms with E-state index >= 15 is 0 Å². The third-order valence-electron chi connectivity index (χ3n) is 4.70. The number of carboxylic acids is 1. The molecule has 154 valence electrons. The first-order valence-corrected chi connectivity index (χ1v) is 10.8. The van der Waals surface area contributed by atoms with Crippen LogP contribution in [-0.2, 0) is 24.4 Å². The molecule has 0 saturated carbocycles. The summed E-state index contributed by atoms with van der Waals surface area (Å²) in [5, 5.41) is 8.98. The molecule has 0 rings (SSSR count). The highest BCUT2D eigenvalue weighted by Gasteiger charge is 2.51. The first kappa shape index (κ1) is 24.8. The Morgan fingerprint density at radius 2 is 1.46 bits per heavy atom. The minimum absolute atomic E-state index is 0.563. The van der Waals surface area contributed by atoms with E-state index in [2.05, 4.69) is 6.92 Å². The molecule has 0 aromatic rings. The Balaban J connectivity index is 5.61. The van der Waals surface area contributed by atoms with Crippen molar-refractivity contribution in [2.24, 2.45) is 0 Å². The lowest BCUT2D eigenvalue weighted by atomic mass is 9.86. The van der Waals surface area contributed by atoms with Crippen molar-refractivity contribution in [1.82, 2.24) is 0 Å². The molecule has 0 radical (unpaired) electrons. The molecule has 7 nitrogen and oxygen atoms in total. The number of hydrogen-bond donors (Lipinski definition) is 2. The van der Waals surface area contributed by atoms with Gasteiger partial charge in [-0.3, -0.25) is 14.1 Å². The van der Waals surface area contributed by atoms with Crippen LogP contribution in [0.2, 0.25) is 0 Å². The van der Waals surface area contributed by atoms with Gasteiger partial charge in [0.25, 0.3) is 10.1 Å². The Morgan fingerprint density at radius 1 is 0.923 bits per heavy atom. The molecule has 2 N–H and O–H groups in total. The zero-order valence-electron chi connectivity index (χ0n) is 16.4. The van der Waals surface area contributed by atoms with Gasteiger partial charge in [-0.15, -0.1) is 0 Å². The van der Waals surface area contributed by atoms with Gasteiger partial charge in [0.1, 0.15) is 5.60 Å². The fraction of sp³-hybridized carbons (Fsp3) is 0.889. The van der Waals surface area contributed by atoms with E-state index in [1.165, 1.54) is 0 Å². The predicted octanol–water partition coefficient (Wildman–Crippen LogP) is 3.96. The molecule has 0 bridgehead atoms. The summed E-state index contributed by atoms with van der Waals surface area (Å²) >= 11 is 0. The molecule has 0 aliphatic carbocycles.